The van der Waals surface area contributed by atoms with Crippen LogP contribution in [0.4, 0.5) is 11.4 Å². The molecule has 0 aliphatic carbocycles. The van der Waals surface area contributed by atoms with Crippen LogP contribution in [0.2, 0.25) is 0 Å². The average molecular weight is 344 g/mol. The summed E-state index contributed by atoms with van der Waals surface area (Å²) < 4.78 is 10.2. The summed E-state index contributed by atoms with van der Waals surface area (Å²) >= 11 is 0. The van der Waals surface area contributed by atoms with Crippen LogP contribution in [0.1, 0.15) is 27.6 Å². The van der Waals surface area contributed by atoms with E-state index in [9.17, 15) is 19.5 Å². The first-order valence-corrected chi connectivity index (χ1v) is 7.13. The van der Waals surface area contributed by atoms with Gasteiger partial charge in [-0.15, -0.1) is 0 Å². The fourth-order valence-electron chi connectivity index (χ4n) is 2.12. The SMILES string of the molecule is COc1cccc(C(=O)Oc2ccc(NC(C)=O)c(C(=O)O)c2)c1N. The van der Waals surface area contributed by atoms with Gasteiger partial charge in [0.1, 0.15) is 11.5 Å². The predicted molar refractivity (Wildman–Crippen MR) is 90.1 cm³/mol. The van der Waals surface area contributed by atoms with Gasteiger partial charge < -0.3 is 25.6 Å². The fraction of sp³-hybridized carbons (Fsp3) is 0.118. The van der Waals surface area contributed by atoms with Crippen LogP contribution in [0.25, 0.3) is 0 Å². The van der Waals surface area contributed by atoms with Crippen molar-refractivity contribution in [2.75, 3.05) is 18.2 Å². The monoisotopic (exact) mass is 344 g/mol. The molecule has 0 fully saturated rings. The fourth-order valence-corrected chi connectivity index (χ4v) is 2.12. The van der Waals surface area contributed by atoms with Crippen LogP contribution < -0.4 is 20.5 Å². The molecule has 0 aliphatic heterocycles. The number of carboxylic acid groups (broad SMARTS) is 1. The highest BCUT2D eigenvalue weighted by molar-refractivity contribution is 6.01. The van der Waals surface area contributed by atoms with Crippen molar-refractivity contribution in [3.63, 3.8) is 0 Å². The zero-order chi connectivity index (χ0) is 18.6. The Hall–Kier alpha value is -3.55. The van der Waals surface area contributed by atoms with E-state index in [-0.39, 0.29) is 28.3 Å². The van der Waals surface area contributed by atoms with Crippen LogP contribution in [0.15, 0.2) is 36.4 Å². The molecule has 2 aromatic carbocycles. The number of nitrogen functional groups attached to an aromatic ring is 1. The van der Waals surface area contributed by atoms with Crippen molar-refractivity contribution in [3.8, 4) is 11.5 Å². The van der Waals surface area contributed by atoms with Gasteiger partial charge in [-0.2, -0.15) is 0 Å². The van der Waals surface area contributed by atoms with Crippen molar-refractivity contribution in [2.45, 2.75) is 6.92 Å². The number of carbonyl (C=O) groups is 3. The van der Waals surface area contributed by atoms with Crippen LogP contribution in [0, 0.1) is 0 Å². The predicted octanol–water partition coefficient (Wildman–Crippen LogP) is 2.15. The Morgan fingerprint density at radius 3 is 2.44 bits per heavy atom. The van der Waals surface area contributed by atoms with Gasteiger partial charge in [-0.25, -0.2) is 9.59 Å². The molecule has 8 nitrogen and oxygen atoms in total. The zero-order valence-electron chi connectivity index (χ0n) is 13.5. The Morgan fingerprint density at radius 1 is 1.12 bits per heavy atom. The van der Waals surface area contributed by atoms with Gasteiger partial charge in [-0.1, -0.05) is 6.07 Å². The molecule has 4 N–H and O–H groups in total. The van der Waals surface area contributed by atoms with E-state index in [1.54, 1.807) is 12.1 Å². The van der Waals surface area contributed by atoms with E-state index < -0.39 is 17.8 Å². The number of esters is 1. The first-order chi connectivity index (χ1) is 11.8. The molecule has 0 atom stereocenters. The van der Waals surface area contributed by atoms with Gasteiger partial charge in [0, 0.05) is 6.92 Å². The number of nitrogens with one attached hydrogen (secondary N) is 1. The highest BCUT2D eigenvalue weighted by Gasteiger charge is 2.18. The van der Waals surface area contributed by atoms with Crippen molar-refractivity contribution >= 4 is 29.2 Å². The van der Waals surface area contributed by atoms with Gasteiger partial charge in [-0.05, 0) is 30.3 Å². The van der Waals surface area contributed by atoms with E-state index in [0.717, 1.165) is 6.07 Å². The molecule has 0 radical (unpaired) electrons. The number of hydrogen-bond donors (Lipinski definition) is 3. The third-order valence-corrected chi connectivity index (χ3v) is 3.25. The maximum atomic E-state index is 12.3. The van der Waals surface area contributed by atoms with Gasteiger partial charge in [0.15, 0.2) is 0 Å². The van der Waals surface area contributed by atoms with E-state index in [2.05, 4.69) is 5.32 Å². The van der Waals surface area contributed by atoms with E-state index in [0.29, 0.717) is 5.75 Å². The number of hydrogen-bond acceptors (Lipinski definition) is 6. The molecule has 0 aromatic heterocycles. The number of nitrogens with two attached hydrogens (primary N) is 1. The lowest BCUT2D eigenvalue weighted by Crippen LogP contribution is -2.14. The molecule has 25 heavy (non-hydrogen) atoms. The number of aromatic carboxylic acids is 1. The molecule has 0 heterocycles. The van der Waals surface area contributed by atoms with Crippen molar-refractivity contribution in [1.29, 1.82) is 0 Å². The second-order valence-electron chi connectivity index (χ2n) is 5.00. The lowest BCUT2D eigenvalue weighted by Gasteiger charge is -2.11. The van der Waals surface area contributed by atoms with Gasteiger partial charge in [0.05, 0.1) is 29.6 Å². The van der Waals surface area contributed by atoms with Gasteiger partial charge >= 0.3 is 11.9 Å². The molecular formula is C17H16N2O6. The van der Waals surface area contributed by atoms with E-state index in [1.807, 2.05) is 0 Å². The second-order valence-corrected chi connectivity index (χ2v) is 5.00. The molecule has 1 amide bonds. The van der Waals surface area contributed by atoms with Crippen LogP contribution >= 0.6 is 0 Å². The maximum Gasteiger partial charge on any atom is 0.345 e. The number of methoxy groups -OCH3 is 1. The molecule has 0 unspecified atom stereocenters. The number of rotatable bonds is 5. The molecule has 0 spiro atoms. The first kappa shape index (κ1) is 17.8. The lowest BCUT2D eigenvalue weighted by atomic mass is 10.1. The Morgan fingerprint density at radius 2 is 1.84 bits per heavy atom. The Kier molecular flexibility index (Phi) is 5.23. The summed E-state index contributed by atoms with van der Waals surface area (Å²) in [4.78, 5) is 34.7. The Bertz CT molecular complexity index is 847. The minimum Gasteiger partial charge on any atom is -0.495 e. The largest absolute Gasteiger partial charge is 0.495 e. The molecule has 8 heteroatoms. The average Bonchev–Trinajstić information content (AvgIpc) is 2.55. The van der Waals surface area contributed by atoms with Crippen molar-refractivity contribution in [1.82, 2.24) is 0 Å². The molecule has 0 aliphatic rings. The smallest absolute Gasteiger partial charge is 0.345 e. The highest BCUT2D eigenvalue weighted by atomic mass is 16.5. The number of carbonyl (C=O) groups excluding carboxylic acids is 2. The molecule has 2 aromatic rings. The summed E-state index contributed by atoms with van der Waals surface area (Å²) in [7, 11) is 1.42. The molecule has 0 saturated heterocycles. The van der Waals surface area contributed by atoms with E-state index in [4.69, 9.17) is 15.2 Å². The minimum absolute atomic E-state index is 0.00118. The summed E-state index contributed by atoms with van der Waals surface area (Å²) in [5, 5.41) is 11.6. The lowest BCUT2D eigenvalue weighted by molar-refractivity contribution is -0.114. The number of ether oxygens (including phenoxy) is 2. The molecule has 2 rings (SSSR count). The normalized spacial score (nSPS) is 10.0. The highest BCUT2D eigenvalue weighted by Crippen LogP contribution is 2.27. The molecular weight excluding hydrogens is 328 g/mol. The van der Waals surface area contributed by atoms with Gasteiger partial charge in [0.25, 0.3) is 0 Å². The standard InChI is InChI=1S/C17H16N2O6/c1-9(20)19-13-7-6-10(8-12(13)16(21)22)25-17(23)11-4-3-5-14(24-2)15(11)18/h3-8H,18H2,1-2H3,(H,19,20)(H,21,22). The van der Waals surface area contributed by atoms with Crippen LogP contribution in [-0.4, -0.2) is 30.1 Å². The summed E-state index contributed by atoms with van der Waals surface area (Å²) in [5.74, 6) is -2.14. The number of benzene rings is 2. The third-order valence-electron chi connectivity index (χ3n) is 3.25. The number of amides is 1. The van der Waals surface area contributed by atoms with E-state index >= 15 is 0 Å². The topological polar surface area (TPSA) is 128 Å². The summed E-state index contributed by atoms with van der Waals surface area (Å²) in [6, 6.07) is 8.48. The quantitative estimate of drug-likeness (QED) is 0.431. The minimum atomic E-state index is -1.28. The third kappa shape index (κ3) is 4.05. The molecule has 0 saturated carbocycles. The Balaban J connectivity index is 2.31. The number of para-hydroxylation sites is 1. The van der Waals surface area contributed by atoms with Crippen molar-refractivity contribution in [2.24, 2.45) is 0 Å². The number of anilines is 2. The summed E-state index contributed by atoms with van der Waals surface area (Å²) in [6.45, 7) is 1.26. The van der Waals surface area contributed by atoms with Crippen LogP contribution in [0.5, 0.6) is 11.5 Å². The second kappa shape index (κ2) is 7.35. The molecule has 0 bridgehead atoms. The molecule has 130 valence electrons. The summed E-state index contributed by atoms with van der Waals surface area (Å²) in [5.41, 5.74) is 5.93. The Labute approximate surface area is 143 Å². The van der Waals surface area contributed by atoms with Crippen molar-refractivity contribution < 1.29 is 29.0 Å². The van der Waals surface area contributed by atoms with Crippen LogP contribution in [-0.2, 0) is 4.79 Å². The van der Waals surface area contributed by atoms with E-state index in [1.165, 1.54) is 32.2 Å². The van der Waals surface area contributed by atoms with Crippen LogP contribution in [0.3, 0.4) is 0 Å². The van der Waals surface area contributed by atoms with Gasteiger partial charge in [0.2, 0.25) is 5.91 Å². The first-order valence-electron chi connectivity index (χ1n) is 7.13. The summed E-state index contributed by atoms with van der Waals surface area (Å²) in [6.07, 6.45) is 0. The van der Waals surface area contributed by atoms with Crippen molar-refractivity contribution in [3.05, 3.63) is 47.5 Å². The van der Waals surface area contributed by atoms with Gasteiger partial charge in [-0.3, -0.25) is 4.79 Å². The zero-order valence-corrected chi connectivity index (χ0v) is 13.5. The maximum absolute atomic E-state index is 12.3. The number of carboxylic acids is 1.